The van der Waals surface area contributed by atoms with Crippen molar-refractivity contribution in [3.63, 3.8) is 0 Å². The van der Waals surface area contributed by atoms with E-state index in [-0.39, 0.29) is 43.3 Å². The number of carbonyl (C=O) groups is 3. The highest BCUT2D eigenvalue weighted by Crippen LogP contribution is 2.23. The van der Waals surface area contributed by atoms with Crippen molar-refractivity contribution in [2.24, 2.45) is 0 Å². The second-order valence-corrected chi connectivity index (χ2v) is 4.68. The van der Waals surface area contributed by atoms with Crippen LogP contribution in [0.5, 0.6) is 0 Å². The predicted octanol–water partition coefficient (Wildman–Crippen LogP) is -0.227. The Hall–Kier alpha value is -1.59. The smallest absolute Gasteiger partial charge is 0.307 e. The Morgan fingerprint density at radius 1 is 1.39 bits per heavy atom. The molecule has 1 atom stereocenters. The van der Waals surface area contributed by atoms with Gasteiger partial charge in [0.15, 0.2) is 0 Å². The van der Waals surface area contributed by atoms with Gasteiger partial charge in [-0.3, -0.25) is 14.4 Å². The molecule has 0 N–H and O–H groups in total. The van der Waals surface area contributed by atoms with E-state index in [4.69, 9.17) is 0 Å². The van der Waals surface area contributed by atoms with Crippen LogP contribution < -0.4 is 0 Å². The summed E-state index contributed by atoms with van der Waals surface area (Å²) in [5, 5.41) is 0. The third kappa shape index (κ3) is 2.47. The fourth-order valence-corrected chi connectivity index (χ4v) is 2.55. The number of hydrogen-bond donors (Lipinski definition) is 0. The number of piperazine rings is 1. The van der Waals surface area contributed by atoms with Crippen LogP contribution in [0.2, 0.25) is 0 Å². The van der Waals surface area contributed by atoms with Crippen LogP contribution in [0.3, 0.4) is 0 Å². The number of nitrogens with zero attached hydrogens (tertiary/aromatic N) is 2. The molecular formula is C12H18N2O4. The van der Waals surface area contributed by atoms with Gasteiger partial charge in [0.2, 0.25) is 11.8 Å². The minimum absolute atomic E-state index is 0.0100. The number of methoxy groups -OCH3 is 1. The molecule has 2 fully saturated rings. The average Bonchev–Trinajstić information content (AvgIpc) is 2.41. The summed E-state index contributed by atoms with van der Waals surface area (Å²) in [5.74, 6) is -0.399. The van der Waals surface area contributed by atoms with Crippen LogP contribution >= 0.6 is 0 Å². The van der Waals surface area contributed by atoms with E-state index < -0.39 is 0 Å². The lowest BCUT2D eigenvalue weighted by atomic mass is 9.98. The number of esters is 1. The highest BCUT2D eigenvalue weighted by Gasteiger charge is 2.40. The second-order valence-electron chi connectivity index (χ2n) is 4.68. The van der Waals surface area contributed by atoms with Crippen molar-refractivity contribution >= 4 is 17.8 Å². The van der Waals surface area contributed by atoms with Gasteiger partial charge in [-0.05, 0) is 19.3 Å². The summed E-state index contributed by atoms with van der Waals surface area (Å²) in [6.45, 7) is 1.04. The lowest BCUT2D eigenvalue weighted by Crippen LogP contribution is -2.61. The standard InChI is InChI=1S/C12H18N2O4/c1-18-11(16)5-7-13-8-10(15)14-6-3-2-4-9(14)12(13)17/h9H,2-8H2,1H3. The normalized spacial score (nSPS) is 23.9. The van der Waals surface area contributed by atoms with Gasteiger partial charge >= 0.3 is 5.97 Å². The third-order valence-corrected chi connectivity index (χ3v) is 3.56. The van der Waals surface area contributed by atoms with Crippen LogP contribution in [-0.4, -0.2) is 60.4 Å². The van der Waals surface area contributed by atoms with Crippen molar-refractivity contribution in [3.05, 3.63) is 0 Å². The molecule has 1 unspecified atom stereocenters. The first-order valence-corrected chi connectivity index (χ1v) is 6.28. The monoisotopic (exact) mass is 254 g/mol. The highest BCUT2D eigenvalue weighted by atomic mass is 16.5. The van der Waals surface area contributed by atoms with E-state index in [1.165, 1.54) is 12.0 Å². The minimum atomic E-state index is -0.360. The van der Waals surface area contributed by atoms with Gasteiger partial charge in [-0.25, -0.2) is 0 Å². The van der Waals surface area contributed by atoms with Crippen LogP contribution in [-0.2, 0) is 19.1 Å². The molecule has 2 aliphatic heterocycles. The first-order chi connectivity index (χ1) is 8.63. The van der Waals surface area contributed by atoms with E-state index in [2.05, 4.69) is 4.74 Å². The molecule has 0 bridgehead atoms. The predicted molar refractivity (Wildman–Crippen MR) is 62.6 cm³/mol. The molecule has 18 heavy (non-hydrogen) atoms. The summed E-state index contributed by atoms with van der Waals surface area (Å²) in [4.78, 5) is 38.3. The summed E-state index contributed by atoms with van der Waals surface area (Å²) in [7, 11) is 1.31. The van der Waals surface area contributed by atoms with Crippen molar-refractivity contribution < 1.29 is 19.1 Å². The molecule has 0 radical (unpaired) electrons. The van der Waals surface area contributed by atoms with E-state index in [9.17, 15) is 14.4 Å². The molecule has 2 rings (SSSR count). The van der Waals surface area contributed by atoms with Gasteiger partial charge in [0, 0.05) is 13.1 Å². The molecule has 0 aromatic rings. The van der Waals surface area contributed by atoms with Crippen LogP contribution in [0.15, 0.2) is 0 Å². The van der Waals surface area contributed by atoms with Crippen LogP contribution in [0.4, 0.5) is 0 Å². The Labute approximate surface area is 106 Å². The molecule has 2 heterocycles. The molecule has 0 saturated carbocycles. The van der Waals surface area contributed by atoms with Gasteiger partial charge in [-0.1, -0.05) is 0 Å². The fourth-order valence-electron chi connectivity index (χ4n) is 2.55. The average molecular weight is 254 g/mol. The molecule has 2 aliphatic rings. The third-order valence-electron chi connectivity index (χ3n) is 3.56. The van der Waals surface area contributed by atoms with E-state index in [1.807, 2.05) is 0 Å². The number of amides is 2. The fraction of sp³-hybridized carbons (Fsp3) is 0.750. The molecular weight excluding hydrogens is 236 g/mol. The molecule has 0 spiro atoms. The van der Waals surface area contributed by atoms with Crippen LogP contribution in [0.25, 0.3) is 0 Å². The number of carbonyl (C=O) groups excluding carboxylic acids is 3. The van der Waals surface area contributed by atoms with Crippen molar-refractivity contribution in [2.75, 3.05) is 26.7 Å². The second kappa shape index (κ2) is 5.37. The molecule has 0 aromatic carbocycles. The first kappa shape index (κ1) is 12.9. The topological polar surface area (TPSA) is 66.9 Å². The zero-order valence-electron chi connectivity index (χ0n) is 10.6. The Kier molecular flexibility index (Phi) is 3.84. The van der Waals surface area contributed by atoms with Crippen molar-refractivity contribution in [2.45, 2.75) is 31.7 Å². The number of rotatable bonds is 3. The first-order valence-electron chi connectivity index (χ1n) is 6.28. The van der Waals surface area contributed by atoms with E-state index in [0.717, 1.165) is 19.3 Å². The lowest BCUT2D eigenvalue weighted by molar-refractivity contribution is -0.158. The quantitative estimate of drug-likeness (QED) is 0.653. The number of fused-ring (bicyclic) bond motifs is 1. The number of ether oxygens (including phenoxy) is 1. The summed E-state index contributed by atoms with van der Waals surface area (Å²) >= 11 is 0. The SMILES string of the molecule is COC(=O)CCN1CC(=O)N2CCCCC2C1=O. The number of hydrogen-bond acceptors (Lipinski definition) is 4. The molecule has 2 amide bonds. The van der Waals surface area contributed by atoms with Crippen molar-refractivity contribution in [1.29, 1.82) is 0 Å². The van der Waals surface area contributed by atoms with Crippen molar-refractivity contribution in [3.8, 4) is 0 Å². The maximum atomic E-state index is 12.2. The Balaban J connectivity index is 1.98. The summed E-state index contributed by atoms with van der Waals surface area (Å²) in [6.07, 6.45) is 2.82. The van der Waals surface area contributed by atoms with Crippen LogP contribution in [0, 0.1) is 0 Å². The molecule has 6 nitrogen and oxygen atoms in total. The summed E-state index contributed by atoms with van der Waals surface area (Å²) < 4.78 is 4.54. The highest BCUT2D eigenvalue weighted by molar-refractivity contribution is 5.95. The van der Waals surface area contributed by atoms with E-state index in [0.29, 0.717) is 6.54 Å². The molecule has 2 saturated heterocycles. The summed E-state index contributed by atoms with van der Waals surface area (Å²) in [5.41, 5.74) is 0. The van der Waals surface area contributed by atoms with Crippen molar-refractivity contribution in [1.82, 2.24) is 9.80 Å². The largest absolute Gasteiger partial charge is 0.469 e. The van der Waals surface area contributed by atoms with Gasteiger partial charge in [0.25, 0.3) is 0 Å². The molecule has 6 heteroatoms. The van der Waals surface area contributed by atoms with Gasteiger partial charge in [-0.2, -0.15) is 0 Å². The maximum absolute atomic E-state index is 12.2. The van der Waals surface area contributed by atoms with E-state index in [1.54, 1.807) is 4.90 Å². The lowest BCUT2D eigenvalue weighted by Gasteiger charge is -2.42. The van der Waals surface area contributed by atoms with Gasteiger partial charge in [0.1, 0.15) is 6.04 Å². The molecule has 100 valence electrons. The molecule has 0 aromatic heterocycles. The Morgan fingerprint density at radius 3 is 2.89 bits per heavy atom. The number of piperidine rings is 1. The van der Waals surface area contributed by atoms with Gasteiger partial charge in [-0.15, -0.1) is 0 Å². The molecule has 0 aliphatic carbocycles. The zero-order chi connectivity index (χ0) is 13.1. The van der Waals surface area contributed by atoms with Gasteiger partial charge in [0.05, 0.1) is 20.1 Å². The maximum Gasteiger partial charge on any atom is 0.307 e. The minimum Gasteiger partial charge on any atom is -0.469 e. The Bertz CT molecular complexity index is 369. The zero-order valence-corrected chi connectivity index (χ0v) is 10.6. The van der Waals surface area contributed by atoms with Crippen LogP contribution in [0.1, 0.15) is 25.7 Å². The summed E-state index contributed by atoms with van der Waals surface area (Å²) in [6, 6.07) is -0.308. The van der Waals surface area contributed by atoms with Gasteiger partial charge < -0.3 is 14.5 Å². The Morgan fingerprint density at radius 2 is 2.17 bits per heavy atom. The van der Waals surface area contributed by atoms with E-state index >= 15 is 0 Å².